The molecule has 0 aliphatic carbocycles. The predicted octanol–water partition coefficient (Wildman–Crippen LogP) is 1.47. The van der Waals surface area contributed by atoms with Crippen LogP contribution in [0.5, 0.6) is 5.75 Å². The van der Waals surface area contributed by atoms with Gasteiger partial charge in [-0.3, -0.25) is 14.4 Å². The lowest BCUT2D eigenvalue weighted by atomic mass is 10.1. The third-order valence-electron chi connectivity index (χ3n) is 5.03. The molecule has 0 saturated carbocycles. The predicted molar refractivity (Wildman–Crippen MR) is 118 cm³/mol. The first-order chi connectivity index (χ1) is 15.3. The van der Waals surface area contributed by atoms with Crippen LogP contribution in [-0.2, 0) is 25.6 Å². The monoisotopic (exact) mass is 499 g/mol. The molecule has 0 aromatic heterocycles. The van der Waals surface area contributed by atoms with E-state index in [1.54, 1.807) is 43.5 Å². The molecule has 3 amide bonds. The molecule has 32 heavy (non-hydrogen) atoms. The Hall–Kier alpha value is -3.46. The molecule has 1 heterocycles. The fourth-order valence-electron chi connectivity index (χ4n) is 3.42. The number of benzene rings is 2. The first-order valence-corrected chi connectivity index (χ1v) is 10.5. The highest BCUT2D eigenvalue weighted by molar-refractivity contribution is 9.10. The molecule has 1 fully saturated rings. The van der Waals surface area contributed by atoms with E-state index in [0.717, 1.165) is 21.0 Å². The molecule has 3 rings (SSSR count). The van der Waals surface area contributed by atoms with Gasteiger partial charge in [0.05, 0.1) is 25.2 Å². The number of aliphatic carboxylic acids is 1. The summed E-state index contributed by atoms with van der Waals surface area (Å²) in [6, 6.07) is 12.8. The highest BCUT2D eigenvalue weighted by Gasteiger charge is 2.43. The summed E-state index contributed by atoms with van der Waals surface area (Å²) in [4.78, 5) is 51.5. The highest BCUT2D eigenvalue weighted by Crippen LogP contribution is 2.27. The van der Waals surface area contributed by atoms with Gasteiger partial charge in [0.25, 0.3) is 5.91 Å². The summed E-state index contributed by atoms with van der Waals surface area (Å²) in [5.74, 6) is -2.51. The minimum Gasteiger partial charge on any atom is -0.545 e. The van der Waals surface area contributed by atoms with Gasteiger partial charge in [0.15, 0.2) is 0 Å². The van der Waals surface area contributed by atoms with Gasteiger partial charge in [0, 0.05) is 17.1 Å². The van der Waals surface area contributed by atoms with E-state index in [0.29, 0.717) is 23.9 Å². The Kier molecular flexibility index (Phi) is 7.42. The average Bonchev–Trinajstić information content (AvgIpc) is 3.07. The number of rotatable bonds is 8. The number of carbonyl (C=O) groups is 4. The van der Waals surface area contributed by atoms with Gasteiger partial charge in [-0.25, -0.2) is 4.90 Å². The Morgan fingerprint density at radius 1 is 1.12 bits per heavy atom. The van der Waals surface area contributed by atoms with E-state index < -0.39 is 29.7 Å². The standard InChI is InChI=1S/C23H21BrN2O6/c1-32-18-8-2-15(3-9-18)12-13-25(20(27)10-11-22(29)30)19-14-21(28)26(23(19)31)17-6-4-16(24)5-7-17/h2-11,19H,12-14H2,1H3,(H,29,30)/p-1/b11-10+/t19-/m0/s1. The van der Waals surface area contributed by atoms with E-state index in [4.69, 9.17) is 4.74 Å². The zero-order valence-corrected chi connectivity index (χ0v) is 18.8. The molecule has 0 N–H and O–H groups in total. The number of carboxylic acids is 1. The molecule has 1 atom stereocenters. The van der Waals surface area contributed by atoms with Crippen LogP contribution in [0.3, 0.4) is 0 Å². The number of anilines is 1. The van der Waals surface area contributed by atoms with Crippen molar-refractivity contribution in [3.05, 3.63) is 70.7 Å². The second-order valence-corrected chi connectivity index (χ2v) is 7.96. The number of ether oxygens (including phenoxy) is 1. The van der Waals surface area contributed by atoms with Crippen molar-refractivity contribution >= 4 is 45.3 Å². The van der Waals surface area contributed by atoms with Gasteiger partial charge < -0.3 is 19.5 Å². The Morgan fingerprint density at radius 2 is 1.78 bits per heavy atom. The van der Waals surface area contributed by atoms with Gasteiger partial charge in [-0.05, 0) is 54.5 Å². The number of imide groups is 1. The largest absolute Gasteiger partial charge is 0.545 e. The van der Waals surface area contributed by atoms with Crippen LogP contribution in [0.2, 0.25) is 0 Å². The minimum absolute atomic E-state index is 0.112. The quantitative estimate of drug-likeness (QED) is 0.402. The molecule has 0 spiro atoms. The van der Waals surface area contributed by atoms with Crippen molar-refractivity contribution in [1.82, 2.24) is 4.90 Å². The summed E-state index contributed by atoms with van der Waals surface area (Å²) >= 11 is 3.31. The van der Waals surface area contributed by atoms with E-state index >= 15 is 0 Å². The normalized spacial score (nSPS) is 15.9. The number of methoxy groups -OCH3 is 1. The average molecular weight is 500 g/mol. The molecule has 1 aliphatic heterocycles. The van der Waals surface area contributed by atoms with E-state index in [2.05, 4.69) is 15.9 Å². The molecule has 0 unspecified atom stereocenters. The maximum absolute atomic E-state index is 13.1. The van der Waals surface area contributed by atoms with Crippen LogP contribution in [0.1, 0.15) is 12.0 Å². The lowest BCUT2D eigenvalue weighted by molar-refractivity contribution is -0.297. The number of carbonyl (C=O) groups excluding carboxylic acids is 4. The van der Waals surface area contributed by atoms with Gasteiger partial charge in [0.1, 0.15) is 11.8 Å². The number of amides is 3. The second-order valence-electron chi connectivity index (χ2n) is 7.05. The third-order valence-corrected chi connectivity index (χ3v) is 5.56. The molecule has 166 valence electrons. The first-order valence-electron chi connectivity index (χ1n) is 9.75. The van der Waals surface area contributed by atoms with Crippen LogP contribution in [0.25, 0.3) is 0 Å². The Bertz CT molecular complexity index is 1050. The lowest BCUT2D eigenvalue weighted by Crippen LogP contribution is -2.46. The minimum atomic E-state index is -1.53. The summed E-state index contributed by atoms with van der Waals surface area (Å²) in [6.45, 7) is 0.112. The number of halogens is 1. The summed E-state index contributed by atoms with van der Waals surface area (Å²) < 4.78 is 5.92. The third kappa shape index (κ3) is 5.42. The summed E-state index contributed by atoms with van der Waals surface area (Å²) in [7, 11) is 1.55. The van der Waals surface area contributed by atoms with Crippen molar-refractivity contribution < 1.29 is 29.0 Å². The van der Waals surface area contributed by atoms with Crippen LogP contribution in [0.4, 0.5) is 5.69 Å². The SMILES string of the molecule is COc1ccc(CCN(C(=O)/C=C/C(=O)[O-])[C@H]2CC(=O)N(c3ccc(Br)cc3)C2=O)cc1. The number of nitrogens with zero attached hydrogens (tertiary/aromatic N) is 2. The molecular weight excluding hydrogens is 480 g/mol. The van der Waals surface area contributed by atoms with E-state index in [1.165, 1.54) is 4.90 Å². The van der Waals surface area contributed by atoms with Crippen molar-refractivity contribution in [3.63, 3.8) is 0 Å². The van der Waals surface area contributed by atoms with Crippen LogP contribution in [0, 0.1) is 0 Å². The van der Waals surface area contributed by atoms with Gasteiger partial charge >= 0.3 is 0 Å². The fourth-order valence-corrected chi connectivity index (χ4v) is 3.68. The van der Waals surface area contributed by atoms with Crippen molar-refractivity contribution in [2.24, 2.45) is 0 Å². The second kappa shape index (κ2) is 10.2. The van der Waals surface area contributed by atoms with Crippen LogP contribution in [-0.4, -0.2) is 48.3 Å². The lowest BCUT2D eigenvalue weighted by Gasteiger charge is -2.26. The van der Waals surface area contributed by atoms with E-state index in [9.17, 15) is 24.3 Å². The molecule has 1 aliphatic rings. The van der Waals surface area contributed by atoms with Gasteiger partial charge in [-0.1, -0.05) is 28.1 Å². The summed E-state index contributed by atoms with van der Waals surface area (Å²) in [5, 5.41) is 10.8. The molecular formula is C23H20BrN2O6-. The van der Waals surface area contributed by atoms with Crippen molar-refractivity contribution in [2.45, 2.75) is 18.9 Å². The number of carboxylic acid groups (broad SMARTS) is 1. The van der Waals surface area contributed by atoms with E-state index in [1.807, 2.05) is 12.1 Å². The Morgan fingerprint density at radius 3 is 2.38 bits per heavy atom. The topological polar surface area (TPSA) is 107 Å². The first kappa shape index (κ1) is 23.2. The Labute approximate surface area is 193 Å². The number of hydrogen-bond acceptors (Lipinski definition) is 6. The summed E-state index contributed by atoms with van der Waals surface area (Å²) in [6.07, 6.45) is 1.65. The van der Waals surface area contributed by atoms with Crippen molar-refractivity contribution in [1.29, 1.82) is 0 Å². The molecule has 2 aromatic carbocycles. The zero-order valence-electron chi connectivity index (χ0n) is 17.2. The molecule has 0 bridgehead atoms. The van der Waals surface area contributed by atoms with E-state index in [-0.39, 0.29) is 13.0 Å². The van der Waals surface area contributed by atoms with Crippen molar-refractivity contribution in [2.75, 3.05) is 18.6 Å². The number of hydrogen-bond donors (Lipinski definition) is 0. The summed E-state index contributed by atoms with van der Waals surface area (Å²) in [5.41, 5.74) is 1.28. The fraction of sp³-hybridized carbons (Fsp3) is 0.217. The smallest absolute Gasteiger partial charge is 0.257 e. The maximum Gasteiger partial charge on any atom is 0.257 e. The molecule has 0 radical (unpaired) electrons. The molecule has 2 aromatic rings. The maximum atomic E-state index is 13.1. The van der Waals surface area contributed by atoms with Crippen LogP contribution >= 0.6 is 15.9 Å². The van der Waals surface area contributed by atoms with Gasteiger partial charge in [0.2, 0.25) is 11.8 Å². The molecule has 1 saturated heterocycles. The van der Waals surface area contributed by atoms with Crippen molar-refractivity contribution in [3.8, 4) is 5.75 Å². The van der Waals surface area contributed by atoms with Crippen LogP contribution < -0.4 is 14.7 Å². The Balaban J connectivity index is 1.83. The molecule has 8 nitrogen and oxygen atoms in total. The van der Waals surface area contributed by atoms with Crippen LogP contribution in [0.15, 0.2) is 65.2 Å². The zero-order chi connectivity index (χ0) is 23.3. The highest BCUT2D eigenvalue weighted by atomic mass is 79.9. The molecule has 9 heteroatoms. The van der Waals surface area contributed by atoms with Gasteiger partial charge in [-0.2, -0.15) is 0 Å². The van der Waals surface area contributed by atoms with Gasteiger partial charge in [-0.15, -0.1) is 0 Å².